The number of nitrogens with zero attached hydrogens (tertiary/aromatic N) is 1. The van der Waals surface area contributed by atoms with Gasteiger partial charge in [-0.3, -0.25) is 9.59 Å². The van der Waals surface area contributed by atoms with E-state index >= 15 is 0 Å². The van der Waals surface area contributed by atoms with E-state index in [4.69, 9.17) is 0 Å². The number of carbonyl (C=O) groups excluding carboxylic acids is 2. The highest BCUT2D eigenvalue weighted by molar-refractivity contribution is 7.89. The molecule has 1 heterocycles. The van der Waals surface area contributed by atoms with Crippen LogP contribution in [-0.4, -0.2) is 44.0 Å². The molecule has 148 valence electrons. The molecule has 0 spiro atoms. The SMILES string of the molecule is Cc1c(CS(C)(=O)=O)cccc1NC(=O)C1CC(=O)N(C2CCCCC2)C1. The number of nitrogens with one attached hydrogen (secondary N) is 1. The van der Waals surface area contributed by atoms with Crippen molar-refractivity contribution in [2.24, 2.45) is 5.92 Å². The Kier molecular flexibility index (Phi) is 5.89. The Bertz CT molecular complexity index is 828. The Balaban J connectivity index is 1.67. The van der Waals surface area contributed by atoms with E-state index in [9.17, 15) is 18.0 Å². The van der Waals surface area contributed by atoms with Gasteiger partial charge in [0, 0.05) is 31.0 Å². The summed E-state index contributed by atoms with van der Waals surface area (Å²) >= 11 is 0. The molecule has 1 unspecified atom stereocenters. The largest absolute Gasteiger partial charge is 0.339 e. The van der Waals surface area contributed by atoms with Crippen LogP contribution in [0.5, 0.6) is 0 Å². The number of anilines is 1. The molecule has 1 aromatic rings. The lowest BCUT2D eigenvalue weighted by Gasteiger charge is -2.31. The van der Waals surface area contributed by atoms with Crippen LogP contribution in [0.1, 0.15) is 49.7 Å². The number of carbonyl (C=O) groups is 2. The maximum Gasteiger partial charge on any atom is 0.229 e. The van der Waals surface area contributed by atoms with Crippen molar-refractivity contribution in [3.63, 3.8) is 0 Å². The van der Waals surface area contributed by atoms with Gasteiger partial charge >= 0.3 is 0 Å². The molecule has 0 bridgehead atoms. The van der Waals surface area contributed by atoms with Crippen molar-refractivity contribution < 1.29 is 18.0 Å². The van der Waals surface area contributed by atoms with Crippen LogP contribution in [0, 0.1) is 12.8 Å². The van der Waals surface area contributed by atoms with Crippen molar-refractivity contribution >= 4 is 27.3 Å². The maximum absolute atomic E-state index is 12.7. The van der Waals surface area contributed by atoms with Crippen molar-refractivity contribution in [2.75, 3.05) is 18.1 Å². The van der Waals surface area contributed by atoms with Gasteiger partial charge in [-0.05, 0) is 37.0 Å². The van der Waals surface area contributed by atoms with Crippen LogP contribution in [0.25, 0.3) is 0 Å². The molecule has 1 aromatic carbocycles. The molecular formula is C20H28N2O4S. The van der Waals surface area contributed by atoms with Gasteiger partial charge in [-0.2, -0.15) is 0 Å². The first-order valence-corrected chi connectivity index (χ1v) is 11.7. The molecule has 2 amide bonds. The van der Waals surface area contributed by atoms with Crippen LogP contribution in [0.2, 0.25) is 0 Å². The Morgan fingerprint density at radius 3 is 2.59 bits per heavy atom. The van der Waals surface area contributed by atoms with Gasteiger partial charge < -0.3 is 10.2 Å². The van der Waals surface area contributed by atoms with E-state index in [0.717, 1.165) is 31.2 Å². The first-order chi connectivity index (χ1) is 12.7. The minimum absolute atomic E-state index is 0.0556. The lowest BCUT2D eigenvalue weighted by Crippen LogP contribution is -2.38. The average molecular weight is 393 g/mol. The molecule has 27 heavy (non-hydrogen) atoms. The second kappa shape index (κ2) is 8.00. The second-order valence-electron chi connectivity index (χ2n) is 7.89. The van der Waals surface area contributed by atoms with Gasteiger partial charge in [-0.25, -0.2) is 8.42 Å². The molecule has 1 aliphatic carbocycles. The predicted molar refractivity (Wildman–Crippen MR) is 105 cm³/mol. The molecule has 0 radical (unpaired) electrons. The van der Waals surface area contributed by atoms with Crippen molar-refractivity contribution in [2.45, 2.75) is 57.2 Å². The molecule has 2 aliphatic rings. The summed E-state index contributed by atoms with van der Waals surface area (Å²) in [6.45, 7) is 2.29. The molecule has 3 rings (SSSR count). The number of sulfone groups is 1. The summed E-state index contributed by atoms with van der Waals surface area (Å²) in [5.41, 5.74) is 2.05. The van der Waals surface area contributed by atoms with Crippen LogP contribution in [-0.2, 0) is 25.2 Å². The highest BCUT2D eigenvalue weighted by Crippen LogP contribution is 2.30. The number of hydrogen-bond acceptors (Lipinski definition) is 4. The Hall–Kier alpha value is -1.89. The Morgan fingerprint density at radius 1 is 1.22 bits per heavy atom. The third-order valence-electron chi connectivity index (χ3n) is 5.67. The van der Waals surface area contributed by atoms with Crippen molar-refractivity contribution in [3.05, 3.63) is 29.3 Å². The van der Waals surface area contributed by atoms with Crippen LogP contribution < -0.4 is 5.32 Å². The zero-order chi connectivity index (χ0) is 19.6. The molecular weight excluding hydrogens is 364 g/mol. The molecule has 1 aliphatic heterocycles. The van der Waals surface area contributed by atoms with Gasteiger partial charge in [0.05, 0.1) is 11.7 Å². The molecule has 1 atom stereocenters. The van der Waals surface area contributed by atoms with Crippen molar-refractivity contribution in [1.82, 2.24) is 4.90 Å². The number of rotatable bonds is 5. The van der Waals surface area contributed by atoms with Crippen molar-refractivity contribution in [1.29, 1.82) is 0 Å². The Morgan fingerprint density at radius 2 is 1.93 bits per heavy atom. The van der Waals surface area contributed by atoms with Gasteiger partial charge in [0.2, 0.25) is 11.8 Å². The van der Waals surface area contributed by atoms with E-state index in [2.05, 4.69) is 5.32 Å². The molecule has 0 aromatic heterocycles. The summed E-state index contributed by atoms with van der Waals surface area (Å²) < 4.78 is 23.2. The Labute approximate surface area is 161 Å². The summed E-state index contributed by atoms with van der Waals surface area (Å²) in [7, 11) is -3.15. The van der Waals surface area contributed by atoms with Crippen LogP contribution in [0.4, 0.5) is 5.69 Å². The monoisotopic (exact) mass is 392 g/mol. The molecule has 1 saturated heterocycles. The highest BCUT2D eigenvalue weighted by Gasteiger charge is 2.38. The zero-order valence-electron chi connectivity index (χ0n) is 16.0. The van der Waals surface area contributed by atoms with E-state index < -0.39 is 9.84 Å². The number of amides is 2. The number of hydrogen-bond donors (Lipinski definition) is 1. The normalized spacial score (nSPS) is 21.5. The van der Waals surface area contributed by atoms with Crippen LogP contribution in [0.15, 0.2) is 18.2 Å². The smallest absolute Gasteiger partial charge is 0.229 e. The summed E-state index contributed by atoms with van der Waals surface area (Å²) in [6.07, 6.45) is 7.05. The minimum atomic E-state index is -3.15. The van der Waals surface area contributed by atoms with Gasteiger partial charge in [0.25, 0.3) is 0 Å². The highest BCUT2D eigenvalue weighted by atomic mass is 32.2. The lowest BCUT2D eigenvalue weighted by atomic mass is 9.94. The van der Waals surface area contributed by atoms with Gasteiger partial charge in [-0.1, -0.05) is 31.4 Å². The molecule has 6 nitrogen and oxygen atoms in total. The number of likely N-dealkylation sites (tertiary alicyclic amines) is 1. The standard InChI is InChI=1S/C20H28N2O4S/c1-14-15(13-27(2,25)26)7-6-10-18(14)21-20(24)16-11-19(23)22(12-16)17-8-4-3-5-9-17/h6-7,10,16-17H,3-5,8-9,11-13H2,1-2H3,(H,21,24). The zero-order valence-corrected chi connectivity index (χ0v) is 16.8. The van der Waals surface area contributed by atoms with E-state index in [0.29, 0.717) is 17.8 Å². The first-order valence-electron chi connectivity index (χ1n) is 9.61. The predicted octanol–water partition coefficient (Wildman–Crippen LogP) is 2.66. The molecule has 2 fully saturated rings. The average Bonchev–Trinajstić information content (AvgIpc) is 3.00. The van der Waals surface area contributed by atoms with Gasteiger partial charge in [-0.15, -0.1) is 0 Å². The lowest BCUT2D eigenvalue weighted by molar-refractivity contribution is -0.130. The third kappa shape index (κ3) is 4.89. The number of benzene rings is 1. The fourth-order valence-electron chi connectivity index (χ4n) is 4.15. The maximum atomic E-state index is 12.7. The summed E-state index contributed by atoms with van der Waals surface area (Å²) in [5.74, 6) is -0.497. The quantitative estimate of drug-likeness (QED) is 0.835. The molecule has 1 N–H and O–H groups in total. The van der Waals surface area contributed by atoms with Gasteiger partial charge in [0.1, 0.15) is 0 Å². The molecule has 7 heteroatoms. The fourth-order valence-corrected chi connectivity index (χ4v) is 5.02. The summed E-state index contributed by atoms with van der Waals surface area (Å²) in [5, 5.41) is 2.91. The first kappa shape index (κ1) is 19.9. The molecule has 1 saturated carbocycles. The van der Waals surface area contributed by atoms with Crippen LogP contribution in [0.3, 0.4) is 0 Å². The van der Waals surface area contributed by atoms with E-state index in [1.807, 2.05) is 11.8 Å². The summed E-state index contributed by atoms with van der Waals surface area (Å²) in [4.78, 5) is 27.0. The van der Waals surface area contributed by atoms with Crippen LogP contribution >= 0.6 is 0 Å². The van der Waals surface area contributed by atoms with E-state index in [1.165, 1.54) is 12.7 Å². The fraction of sp³-hybridized carbons (Fsp3) is 0.600. The van der Waals surface area contributed by atoms with Gasteiger partial charge in [0.15, 0.2) is 9.84 Å². The van der Waals surface area contributed by atoms with Crippen molar-refractivity contribution in [3.8, 4) is 0 Å². The minimum Gasteiger partial charge on any atom is -0.339 e. The third-order valence-corrected chi connectivity index (χ3v) is 6.50. The topological polar surface area (TPSA) is 83.5 Å². The van der Waals surface area contributed by atoms with E-state index in [1.54, 1.807) is 18.2 Å². The van der Waals surface area contributed by atoms with E-state index in [-0.39, 0.29) is 35.9 Å². The second-order valence-corrected chi connectivity index (χ2v) is 10.0. The summed E-state index contributed by atoms with van der Waals surface area (Å²) in [6, 6.07) is 5.56.